The quantitative estimate of drug-likeness (QED) is 0.780. The van der Waals surface area contributed by atoms with Crippen LogP contribution < -0.4 is 5.32 Å². The zero-order valence-corrected chi connectivity index (χ0v) is 14.9. The fourth-order valence-electron chi connectivity index (χ4n) is 3.64. The van der Waals surface area contributed by atoms with Crippen molar-refractivity contribution >= 4 is 6.21 Å². The van der Waals surface area contributed by atoms with Crippen LogP contribution in [0.3, 0.4) is 0 Å². The first-order valence-corrected chi connectivity index (χ1v) is 9.07. The van der Waals surface area contributed by atoms with E-state index >= 15 is 0 Å². The number of dihydropyridines is 1. The van der Waals surface area contributed by atoms with Crippen LogP contribution in [-0.2, 0) is 0 Å². The highest BCUT2D eigenvalue weighted by atomic mass is 14.9. The molecular weight excluding hydrogens is 292 g/mol. The second kappa shape index (κ2) is 7.76. The molecule has 0 aromatic rings. The number of nitrogens with zero attached hydrogens (tertiary/aromatic N) is 1. The van der Waals surface area contributed by atoms with E-state index in [1.165, 1.54) is 16.7 Å². The Morgan fingerprint density at radius 3 is 2.92 bits per heavy atom. The molecule has 4 unspecified atom stereocenters. The van der Waals surface area contributed by atoms with E-state index in [2.05, 4.69) is 79.7 Å². The van der Waals surface area contributed by atoms with E-state index in [0.29, 0.717) is 18.0 Å². The number of hydrogen-bond acceptors (Lipinski definition) is 2. The zero-order chi connectivity index (χ0) is 16.9. The van der Waals surface area contributed by atoms with Crippen LogP contribution in [0, 0.1) is 5.92 Å². The summed E-state index contributed by atoms with van der Waals surface area (Å²) in [4.78, 5) is 4.68. The molecule has 1 heterocycles. The normalized spacial score (nSPS) is 30.0. The van der Waals surface area contributed by atoms with Gasteiger partial charge in [0.1, 0.15) is 0 Å². The molecule has 4 atom stereocenters. The average molecular weight is 320 g/mol. The molecule has 0 bridgehead atoms. The van der Waals surface area contributed by atoms with Gasteiger partial charge in [-0.15, -0.1) is 0 Å². The van der Waals surface area contributed by atoms with Gasteiger partial charge >= 0.3 is 0 Å². The molecule has 0 fully saturated rings. The molecule has 0 saturated carbocycles. The Kier molecular flexibility index (Phi) is 5.47. The van der Waals surface area contributed by atoms with Gasteiger partial charge in [-0.2, -0.15) is 0 Å². The third-order valence-electron chi connectivity index (χ3n) is 4.98. The van der Waals surface area contributed by atoms with Crippen LogP contribution in [0.2, 0.25) is 0 Å². The molecule has 1 N–H and O–H groups in total. The standard InChI is InChI=1S/C22H28N2/c1-4-18-10-12-20(13-11-18)24-17(3)15-16(2)21-9-5-7-19-8-6-14-23-22(19)21/h5-12,14-15,17,19-20,22,24H,4,13H2,1-3H3/b16-15+. The predicted octanol–water partition coefficient (Wildman–Crippen LogP) is 4.70. The molecule has 3 aliphatic rings. The van der Waals surface area contributed by atoms with Gasteiger partial charge in [0.15, 0.2) is 0 Å². The average Bonchev–Trinajstić information content (AvgIpc) is 2.61. The highest BCUT2D eigenvalue weighted by Gasteiger charge is 2.24. The van der Waals surface area contributed by atoms with Gasteiger partial charge in [-0.1, -0.05) is 61.1 Å². The van der Waals surface area contributed by atoms with E-state index in [1.54, 1.807) is 0 Å². The fraction of sp³-hybridized carbons (Fsp3) is 0.409. The lowest BCUT2D eigenvalue weighted by Crippen LogP contribution is -2.35. The maximum atomic E-state index is 4.68. The first kappa shape index (κ1) is 16.9. The number of allylic oxidation sites excluding steroid dienone is 5. The first-order chi connectivity index (χ1) is 11.7. The molecule has 0 aromatic heterocycles. The molecule has 3 rings (SSSR count). The number of fused-ring (bicyclic) bond motifs is 1. The summed E-state index contributed by atoms with van der Waals surface area (Å²) < 4.78 is 0. The minimum atomic E-state index is 0.244. The summed E-state index contributed by atoms with van der Waals surface area (Å²) in [7, 11) is 0. The van der Waals surface area contributed by atoms with Crippen molar-refractivity contribution < 1.29 is 0 Å². The van der Waals surface area contributed by atoms with Crippen LogP contribution in [0.1, 0.15) is 33.6 Å². The minimum Gasteiger partial charge on any atom is -0.304 e. The molecule has 24 heavy (non-hydrogen) atoms. The summed E-state index contributed by atoms with van der Waals surface area (Å²) in [5.41, 5.74) is 4.11. The first-order valence-electron chi connectivity index (χ1n) is 9.07. The van der Waals surface area contributed by atoms with Crippen molar-refractivity contribution in [3.63, 3.8) is 0 Å². The number of aliphatic imine (C=N–C) groups is 1. The molecule has 1 aliphatic heterocycles. The predicted molar refractivity (Wildman–Crippen MR) is 104 cm³/mol. The van der Waals surface area contributed by atoms with Gasteiger partial charge in [0.25, 0.3) is 0 Å². The van der Waals surface area contributed by atoms with Gasteiger partial charge < -0.3 is 5.32 Å². The Balaban J connectivity index is 1.63. The van der Waals surface area contributed by atoms with Gasteiger partial charge in [-0.05, 0) is 43.9 Å². The second-order valence-corrected chi connectivity index (χ2v) is 6.85. The lowest BCUT2D eigenvalue weighted by molar-refractivity contribution is 0.550. The van der Waals surface area contributed by atoms with E-state index in [9.17, 15) is 0 Å². The Hall–Kier alpha value is -1.93. The molecule has 0 amide bonds. The maximum absolute atomic E-state index is 4.68. The van der Waals surface area contributed by atoms with Gasteiger partial charge in [-0.3, -0.25) is 4.99 Å². The van der Waals surface area contributed by atoms with Crippen LogP contribution in [-0.4, -0.2) is 24.3 Å². The highest BCUT2D eigenvalue weighted by molar-refractivity contribution is 5.73. The summed E-state index contributed by atoms with van der Waals surface area (Å²) in [5.74, 6) is 0.403. The van der Waals surface area contributed by atoms with Crippen molar-refractivity contribution in [3.8, 4) is 0 Å². The number of rotatable bonds is 5. The van der Waals surface area contributed by atoms with E-state index in [1.807, 2.05) is 12.3 Å². The SMILES string of the molecule is CCC1=CCC(NC(C)/C=C(\C)C2=CC=CC3C=CC=NC23)C=C1. The number of nitrogens with one attached hydrogen (secondary N) is 1. The van der Waals surface area contributed by atoms with Crippen LogP contribution in [0.15, 0.2) is 76.4 Å². The Morgan fingerprint density at radius 2 is 2.17 bits per heavy atom. The van der Waals surface area contributed by atoms with Gasteiger partial charge in [0.05, 0.1) is 6.04 Å². The van der Waals surface area contributed by atoms with E-state index in [-0.39, 0.29) is 6.04 Å². The Morgan fingerprint density at radius 1 is 1.33 bits per heavy atom. The van der Waals surface area contributed by atoms with Crippen molar-refractivity contribution in [2.45, 2.75) is 51.7 Å². The van der Waals surface area contributed by atoms with Crippen molar-refractivity contribution in [1.82, 2.24) is 5.32 Å². The van der Waals surface area contributed by atoms with Crippen LogP contribution in [0.25, 0.3) is 0 Å². The third-order valence-corrected chi connectivity index (χ3v) is 4.98. The van der Waals surface area contributed by atoms with Crippen molar-refractivity contribution in [2.24, 2.45) is 10.9 Å². The molecule has 126 valence electrons. The van der Waals surface area contributed by atoms with Crippen LogP contribution in [0.5, 0.6) is 0 Å². The van der Waals surface area contributed by atoms with Gasteiger partial charge in [0, 0.05) is 24.2 Å². The molecule has 2 heteroatoms. The Bertz CT molecular complexity index is 670. The van der Waals surface area contributed by atoms with Crippen molar-refractivity contribution in [1.29, 1.82) is 0 Å². The molecular formula is C22H28N2. The molecule has 2 nitrogen and oxygen atoms in total. The Labute approximate surface area is 146 Å². The van der Waals surface area contributed by atoms with E-state index < -0.39 is 0 Å². The third kappa shape index (κ3) is 3.93. The maximum Gasteiger partial charge on any atom is 0.0848 e. The van der Waals surface area contributed by atoms with Crippen LogP contribution >= 0.6 is 0 Å². The second-order valence-electron chi connectivity index (χ2n) is 6.85. The fourth-order valence-corrected chi connectivity index (χ4v) is 3.64. The van der Waals surface area contributed by atoms with Crippen LogP contribution in [0.4, 0.5) is 0 Å². The smallest absolute Gasteiger partial charge is 0.0848 e. The lowest BCUT2D eigenvalue weighted by Gasteiger charge is -2.27. The molecule has 2 aliphatic carbocycles. The number of hydrogen-bond donors (Lipinski definition) is 1. The minimum absolute atomic E-state index is 0.244. The van der Waals surface area contributed by atoms with E-state index in [4.69, 9.17) is 0 Å². The van der Waals surface area contributed by atoms with Crippen molar-refractivity contribution in [2.75, 3.05) is 0 Å². The highest BCUT2D eigenvalue weighted by Crippen LogP contribution is 2.30. The van der Waals surface area contributed by atoms with Gasteiger partial charge in [-0.25, -0.2) is 0 Å². The summed E-state index contributed by atoms with van der Waals surface area (Å²) in [6.45, 7) is 6.65. The van der Waals surface area contributed by atoms with E-state index in [0.717, 1.165) is 12.8 Å². The lowest BCUT2D eigenvalue weighted by atomic mass is 9.84. The van der Waals surface area contributed by atoms with Gasteiger partial charge in [0.2, 0.25) is 0 Å². The molecule has 0 saturated heterocycles. The summed E-state index contributed by atoms with van der Waals surface area (Å²) in [5, 5.41) is 3.70. The van der Waals surface area contributed by atoms with Crippen molar-refractivity contribution in [3.05, 3.63) is 71.4 Å². The largest absolute Gasteiger partial charge is 0.304 e. The summed E-state index contributed by atoms with van der Waals surface area (Å²) >= 11 is 0. The molecule has 0 spiro atoms. The summed E-state index contributed by atoms with van der Waals surface area (Å²) in [6.07, 6.45) is 24.3. The molecule has 0 aromatic carbocycles. The molecule has 0 radical (unpaired) electrons. The monoisotopic (exact) mass is 320 g/mol. The topological polar surface area (TPSA) is 24.4 Å². The zero-order valence-electron chi connectivity index (χ0n) is 14.9. The summed E-state index contributed by atoms with van der Waals surface area (Å²) in [6, 6.07) is 1.01.